The minimum Gasteiger partial charge on any atom is -0.126 e. The highest BCUT2D eigenvalue weighted by Crippen LogP contribution is 2.13. The number of rotatable bonds is 6. The SMILES string of the molecule is CC(CCl)CCCCC=C(Cl)Cl. The van der Waals surface area contributed by atoms with Crippen LogP contribution in [0.1, 0.15) is 32.6 Å². The van der Waals surface area contributed by atoms with Gasteiger partial charge in [-0.3, -0.25) is 0 Å². The minimum absolute atomic E-state index is 0.375. The van der Waals surface area contributed by atoms with Crippen LogP contribution in [0.3, 0.4) is 0 Å². The largest absolute Gasteiger partial charge is 0.126 e. The van der Waals surface area contributed by atoms with Crippen molar-refractivity contribution in [2.75, 3.05) is 5.88 Å². The van der Waals surface area contributed by atoms with Crippen molar-refractivity contribution in [3.8, 4) is 0 Å². The third-order valence-electron chi connectivity index (χ3n) is 1.71. The summed E-state index contributed by atoms with van der Waals surface area (Å²) < 4.78 is 0.375. The molecule has 0 spiro atoms. The number of hydrogen-bond acceptors (Lipinski definition) is 0. The first-order valence-corrected chi connectivity index (χ1v) is 5.53. The fourth-order valence-electron chi connectivity index (χ4n) is 0.925. The molecule has 72 valence electrons. The third kappa shape index (κ3) is 8.70. The van der Waals surface area contributed by atoms with E-state index in [1.54, 1.807) is 0 Å². The molecule has 0 heterocycles. The second-order valence-electron chi connectivity index (χ2n) is 3.04. The second-order valence-corrected chi connectivity index (χ2v) is 4.35. The molecule has 3 heteroatoms. The van der Waals surface area contributed by atoms with Crippen molar-refractivity contribution in [3.63, 3.8) is 0 Å². The van der Waals surface area contributed by atoms with Gasteiger partial charge in [-0.2, -0.15) is 0 Å². The van der Waals surface area contributed by atoms with E-state index in [0.717, 1.165) is 18.7 Å². The molecule has 0 saturated carbocycles. The Bertz CT molecular complexity index is 128. The van der Waals surface area contributed by atoms with Crippen LogP contribution in [-0.4, -0.2) is 5.88 Å². The molecule has 0 N–H and O–H groups in total. The van der Waals surface area contributed by atoms with E-state index in [1.807, 2.05) is 6.08 Å². The van der Waals surface area contributed by atoms with Gasteiger partial charge in [-0.25, -0.2) is 0 Å². The molecule has 0 aliphatic rings. The Hall–Kier alpha value is 0.610. The van der Waals surface area contributed by atoms with E-state index in [4.69, 9.17) is 34.8 Å². The summed E-state index contributed by atoms with van der Waals surface area (Å²) in [6, 6.07) is 0. The molecule has 0 aromatic carbocycles. The van der Waals surface area contributed by atoms with E-state index >= 15 is 0 Å². The summed E-state index contributed by atoms with van der Waals surface area (Å²) in [7, 11) is 0. The number of hydrogen-bond donors (Lipinski definition) is 0. The van der Waals surface area contributed by atoms with Crippen molar-refractivity contribution < 1.29 is 0 Å². The normalized spacial score (nSPS) is 12.7. The van der Waals surface area contributed by atoms with Crippen molar-refractivity contribution in [3.05, 3.63) is 10.6 Å². The zero-order valence-electron chi connectivity index (χ0n) is 7.32. The number of alkyl halides is 1. The molecule has 12 heavy (non-hydrogen) atoms. The van der Waals surface area contributed by atoms with Gasteiger partial charge in [-0.05, 0) is 25.2 Å². The molecule has 0 bridgehead atoms. The number of allylic oxidation sites excluding steroid dienone is 1. The maximum atomic E-state index is 5.66. The van der Waals surface area contributed by atoms with Gasteiger partial charge < -0.3 is 0 Å². The molecule has 0 aromatic heterocycles. The van der Waals surface area contributed by atoms with Gasteiger partial charge in [-0.15, -0.1) is 11.6 Å². The minimum atomic E-state index is 0.375. The maximum Gasteiger partial charge on any atom is 0.102 e. The fraction of sp³-hybridized carbons (Fsp3) is 0.778. The zero-order chi connectivity index (χ0) is 9.40. The van der Waals surface area contributed by atoms with Crippen molar-refractivity contribution in [1.82, 2.24) is 0 Å². The van der Waals surface area contributed by atoms with Crippen molar-refractivity contribution in [2.45, 2.75) is 32.6 Å². The molecule has 0 radical (unpaired) electrons. The Morgan fingerprint density at radius 1 is 1.33 bits per heavy atom. The number of unbranched alkanes of at least 4 members (excludes halogenated alkanes) is 2. The molecule has 0 fully saturated rings. The van der Waals surface area contributed by atoms with Gasteiger partial charge >= 0.3 is 0 Å². The van der Waals surface area contributed by atoms with E-state index in [1.165, 1.54) is 12.8 Å². The topological polar surface area (TPSA) is 0 Å². The van der Waals surface area contributed by atoms with E-state index in [-0.39, 0.29) is 0 Å². The summed E-state index contributed by atoms with van der Waals surface area (Å²) in [5.74, 6) is 1.38. The van der Waals surface area contributed by atoms with Gasteiger partial charge in [0.15, 0.2) is 0 Å². The van der Waals surface area contributed by atoms with Crippen molar-refractivity contribution in [1.29, 1.82) is 0 Å². The Morgan fingerprint density at radius 3 is 2.50 bits per heavy atom. The summed E-state index contributed by atoms with van der Waals surface area (Å²) in [6.07, 6.45) is 6.35. The molecule has 0 rings (SSSR count). The average molecular weight is 230 g/mol. The van der Waals surface area contributed by atoms with Crippen LogP contribution in [0.15, 0.2) is 10.6 Å². The highest BCUT2D eigenvalue weighted by Gasteiger charge is 1.98. The molecule has 0 amide bonds. The first kappa shape index (κ1) is 12.6. The third-order valence-corrected chi connectivity index (χ3v) is 2.55. The lowest BCUT2D eigenvalue weighted by Gasteiger charge is -2.04. The maximum absolute atomic E-state index is 5.66. The van der Waals surface area contributed by atoms with Crippen LogP contribution < -0.4 is 0 Å². The first-order chi connectivity index (χ1) is 5.66. The fourth-order valence-corrected chi connectivity index (χ4v) is 1.30. The number of halogens is 3. The molecular weight excluding hydrogens is 214 g/mol. The van der Waals surface area contributed by atoms with E-state index < -0.39 is 0 Å². The van der Waals surface area contributed by atoms with Crippen LogP contribution in [0.4, 0.5) is 0 Å². The zero-order valence-corrected chi connectivity index (χ0v) is 9.59. The van der Waals surface area contributed by atoms with Crippen LogP contribution in [0, 0.1) is 5.92 Å². The molecule has 0 aliphatic carbocycles. The van der Waals surface area contributed by atoms with Crippen molar-refractivity contribution in [2.24, 2.45) is 5.92 Å². The summed E-state index contributed by atoms with van der Waals surface area (Å²) >= 11 is 16.6. The summed E-state index contributed by atoms with van der Waals surface area (Å²) in [4.78, 5) is 0. The Labute approximate surface area is 89.9 Å². The molecule has 0 nitrogen and oxygen atoms in total. The lowest BCUT2D eigenvalue weighted by Crippen LogP contribution is -1.94. The monoisotopic (exact) mass is 228 g/mol. The molecule has 1 unspecified atom stereocenters. The highest BCUT2D eigenvalue weighted by molar-refractivity contribution is 6.55. The Balaban J connectivity index is 3.16. The van der Waals surface area contributed by atoms with E-state index in [9.17, 15) is 0 Å². The molecule has 1 atom stereocenters. The first-order valence-electron chi connectivity index (χ1n) is 4.24. The molecular formula is C9H15Cl3. The van der Waals surface area contributed by atoms with Crippen LogP contribution in [0.25, 0.3) is 0 Å². The van der Waals surface area contributed by atoms with Gasteiger partial charge in [0.05, 0.1) is 0 Å². The van der Waals surface area contributed by atoms with Crippen LogP contribution >= 0.6 is 34.8 Å². The highest BCUT2D eigenvalue weighted by atomic mass is 35.5. The lowest BCUT2D eigenvalue weighted by atomic mass is 10.1. The van der Waals surface area contributed by atoms with Gasteiger partial charge in [0.25, 0.3) is 0 Å². The quantitative estimate of drug-likeness (QED) is 0.456. The molecule has 0 aromatic rings. The van der Waals surface area contributed by atoms with Gasteiger partial charge in [0.1, 0.15) is 4.49 Å². The standard InChI is InChI=1S/C9H15Cl3/c1-8(7-10)5-3-2-4-6-9(11)12/h6,8H,2-5,7H2,1H3. The van der Waals surface area contributed by atoms with Gasteiger partial charge in [0, 0.05) is 5.88 Å². The van der Waals surface area contributed by atoms with Crippen LogP contribution in [0.5, 0.6) is 0 Å². The summed E-state index contributed by atoms with van der Waals surface area (Å²) in [5.41, 5.74) is 0. The average Bonchev–Trinajstić information content (AvgIpc) is 2.03. The van der Waals surface area contributed by atoms with Crippen LogP contribution in [-0.2, 0) is 0 Å². The molecule has 0 saturated heterocycles. The van der Waals surface area contributed by atoms with E-state index in [0.29, 0.717) is 10.4 Å². The van der Waals surface area contributed by atoms with Gasteiger partial charge in [0.2, 0.25) is 0 Å². The summed E-state index contributed by atoms with van der Waals surface area (Å²) in [6.45, 7) is 2.16. The smallest absolute Gasteiger partial charge is 0.102 e. The Kier molecular flexibility index (Phi) is 8.64. The summed E-state index contributed by atoms with van der Waals surface area (Å²) in [5, 5.41) is 0. The van der Waals surface area contributed by atoms with E-state index in [2.05, 4.69) is 6.92 Å². The van der Waals surface area contributed by atoms with Crippen LogP contribution in [0.2, 0.25) is 0 Å². The lowest BCUT2D eigenvalue weighted by molar-refractivity contribution is 0.545. The predicted octanol–water partition coefficient (Wildman–Crippen LogP) is 4.74. The Morgan fingerprint density at radius 2 is 2.00 bits per heavy atom. The predicted molar refractivity (Wildman–Crippen MR) is 58.1 cm³/mol. The molecule has 0 aliphatic heterocycles. The van der Waals surface area contributed by atoms with Gasteiger partial charge in [-0.1, -0.05) is 42.6 Å². The van der Waals surface area contributed by atoms with Crippen molar-refractivity contribution >= 4 is 34.8 Å². The second kappa shape index (κ2) is 8.22.